The number of phenolic OH excluding ortho intramolecular Hbond substituents is 1. The van der Waals surface area contributed by atoms with Crippen LogP contribution in [0.3, 0.4) is 0 Å². The Labute approximate surface area is 110 Å². The Hall–Kier alpha value is -0.840. The number of benzene rings is 1. The Morgan fingerprint density at radius 2 is 2.00 bits per heavy atom. The molecule has 0 radical (unpaired) electrons. The highest BCUT2D eigenvalue weighted by atomic mass is 79.9. The molecule has 0 aliphatic heterocycles. The van der Waals surface area contributed by atoms with E-state index in [1.165, 1.54) is 12.3 Å². The Kier molecular flexibility index (Phi) is 3.33. The number of hydrogen-bond acceptors (Lipinski definition) is 3. The molecule has 0 bridgehead atoms. The van der Waals surface area contributed by atoms with E-state index in [0.29, 0.717) is 20.9 Å². The minimum Gasteiger partial charge on any atom is -0.507 e. The van der Waals surface area contributed by atoms with E-state index in [2.05, 4.69) is 25.9 Å². The standard InChI is InChI=1S/C10H5BrCl2N2O/c11-7-4-14-10(15-9(7)13)6-3-5(12)1-2-8(6)16/h1-4,16H. The maximum Gasteiger partial charge on any atom is 0.164 e. The monoisotopic (exact) mass is 318 g/mol. The molecular weight excluding hydrogens is 315 g/mol. The summed E-state index contributed by atoms with van der Waals surface area (Å²) in [5.41, 5.74) is 0.446. The third-order valence-electron chi connectivity index (χ3n) is 1.90. The number of halogens is 3. The van der Waals surface area contributed by atoms with Gasteiger partial charge in [0.2, 0.25) is 0 Å². The minimum absolute atomic E-state index is 0.0581. The second-order valence-electron chi connectivity index (χ2n) is 2.99. The molecular formula is C10H5BrCl2N2O. The topological polar surface area (TPSA) is 46.0 Å². The predicted octanol–water partition coefficient (Wildman–Crippen LogP) is 3.92. The average Bonchev–Trinajstić information content (AvgIpc) is 2.26. The summed E-state index contributed by atoms with van der Waals surface area (Å²) in [5.74, 6) is 0.385. The molecule has 16 heavy (non-hydrogen) atoms. The fourth-order valence-electron chi connectivity index (χ4n) is 1.16. The van der Waals surface area contributed by atoms with Crippen molar-refractivity contribution in [2.24, 2.45) is 0 Å². The van der Waals surface area contributed by atoms with Crippen LogP contribution in [-0.4, -0.2) is 15.1 Å². The van der Waals surface area contributed by atoms with Crippen molar-refractivity contribution in [2.45, 2.75) is 0 Å². The Balaban J connectivity index is 2.58. The molecule has 1 heterocycles. The van der Waals surface area contributed by atoms with Crippen LogP contribution in [-0.2, 0) is 0 Å². The number of phenols is 1. The summed E-state index contributed by atoms with van der Waals surface area (Å²) in [6.45, 7) is 0. The zero-order valence-corrected chi connectivity index (χ0v) is 10.9. The summed E-state index contributed by atoms with van der Waals surface area (Å²) in [4.78, 5) is 8.08. The highest BCUT2D eigenvalue weighted by Crippen LogP contribution is 2.31. The molecule has 0 amide bonds. The Morgan fingerprint density at radius 1 is 1.25 bits per heavy atom. The molecule has 0 saturated carbocycles. The second kappa shape index (κ2) is 4.57. The van der Waals surface area contributed by atoms with Crippen molar-refractivity contribution in [1.29, 1.82) is 0 Å². The summed E-state index contributed by atoms with van der Waals surface area (Å²) < 4.78 is 0.597. The van der Waals surface area contributed by atoms with Crippen molar-refractivity contribution in [3.05, 3.63) is 39.0 Å². The van der Waals surface area contributed by atoms with E-state index in [0.717, 1.165) is 0 Å². The molecule has 1 N–H and O–H groups in total. The van der Waals surface area contributed by atoms with E-state index in [9.17, 15) is 5.11 Å². The van der Waals surface area contributed by atoms with Crippen LogP contribution in [0.5, 0.6) is 5.75 Å². The first-order valence-electron chi connectivity index (χ1n) is 4.25. The van der Waals surface area contributed by atoms with Gasteiger partial charge in [-0.15, -0.1) is 0 Å². The van der Waals surface area contributed by atoms with Crippen LogP contribution in [0.2, 0.25) is 10.2 Å². The van der Waals surface area contributed by atoms with Crippen LogP contribution in [0.4, 0.5) is 0 Å². The molecule has 2 rings (SSSR count). The lowest BCUT2D eigenvalue weighted by Gasteiger charge is -2.04. The Bertz CT molecular complexity index is 548. The molecule has 0 aliphatic rings. The van der Waals surface area contributed by atoms with Crippen LogP contribution >= 0.6 is 39.1 Å². The highest BCUT2D eigenvalue weighted by molar-refractivity contribution is 9.10. The van der Waals surface area contributed by atoms with Gasteiger partial charge in [0.15, 0.2) is 5.82 Å². The third-order valence-corrected chi connectivity index (χ3v) is 3.23. The summed E-state index contributed by atoms with van der Waals surface area (Å²) >= 11 is 14.9. The van der Waals surface area contributed by atoms with Crippen LogP contribution < -0.4 is 0 Å². The molecule has 1 aromatic heterocycles. The van der Waals surface area contributed by atoms with E-state index in [-0.39, 0.29) is 10.9 Å². The fraction of sp³-hybridized carbons (Fsp3) is 0. The van der Waals surface area contributed by atoms with Crippen molar-refractivity contribution >= 4 is 39.1 Å². The van der Waals surface area contributed by atoms with Gasteiger partial charge in [0, 0.05) is 11.2 Å². The average molecular weight is 320 g/mol. The Morgan fingerprint density at radius 3 is 2.69 bits per heavy atom. The zero-order chi connectivity index (χ0) is 11.7. The normalized spacial score (nSPS) is 10.4. The van der Waals surface area contributed by atoms with Crippen molar-refractivity contribution in [2.75, 3.05) is 0 Å². The van der Waals surface area contributed by atoms with Crippen molar-refractivity contribution in [3.63, 3.8) is 0 Å². The van der Waals surface area contributed by atoms with E-state index in [1.807, 2.05) is 0 Å². The number of aromatic nitrogens is 2. The van der Waals surface area contributed by atoms with Crippen molar-refractivity contribution in [1.82, 2.24) is 9.97 Å². The number of aromatic hydroxyl groups is 1. The van der Waals surface area contributed by atoms with Crippen molar-refractivity contribution < 1.29 is 5.11 Å². The molecule has 82 valence electrons. The first-order valence-corrected chi connectivity index (χ1v) is 5.80. The number of rotatable bonds is 1. The SMILES string of the molecule is Oc1ccc(Cl)cc1-c1ncc(Br)c(Cl)n1. The quantitative estimate of drug-likeness (QED) is 0.810. The van der Waals surface area contributed by atoms with Gasteiger partial charge in [-0.2, -0.15) is 0 Å². The molecule has 3 nitrogen and oxygen atoms in total. The van der Waals surface area contributed by atoms with Gasteiger partial charge in [-0.05, 0) is 34.1 Å². The number of nitrogens with zero attached hydrogens (tertiary/aromatic N) is 2. The van der Waals surface area contributed by atoms with Crippen LogP contribution in [0.25, 0.3) is 11.4 Å². The van der Waals surface area contributed by atoms with E-state index in [1.54, 1.807) is 12.1 Å². The second-order valence-corrected chi connectivity index (χ2v) is 4.64. The lowest BCUT2D eigenvalue weighted by Crippen LogP contribution is -1.90. The molecule has 6 heteroatoms. The van der Waals surface area contributed by atoms with E-state index in [4.69, 9.17) is 23.2 Å². The van der Waals surface area contributed by atoms with Gasteiger partial charge in [-0.1, -0.05) is 23.2 Å². The largest absolute Gasteiger partial charge is 0.507 e. The highest BCUT2D eigenvalue weighted by Gasteiger charge is 2.10. The molecule has 0 fully saturated rings. The molecule has 0 spiro atoms. The first kappa shape index (κ1) is 11.6. The van der Waals surface area contributed by atoms with E-state index >= 15 is 0 Å². The predicted molar refractivity (Wildman–Crippen MR) is 66.9 cm³/mol. The van der Waals surface area contributed by atoms with E-state index < -0.39 is 0 Å². The summed E-state index contributed by atoms with van der Waals surface area (Å²) in [7, 11) is 0. The first-order chi connectivity index (χ1) is 7.58. The molecule has 0 aliphatic carbocycles. The van der Waals surface area contributed by atoms with Gasteiger partial charge in [0.05, 0.1) is 10.0 Å². The lowest BCUT2D eigenvalue weighted by atomic mass is 10.2. The molecule has 0 atom stereocenters. The van der Waals surface area contributed by atoms with Crippen LogP contribution in [0.1, 0.15) is 0 Å². The van der Waals surface area contributed by atoms with Gasteiger partial charge in [-0.3, -0.25) is 0 Å². The van der Waals surface area contributed by atoms with Crippen LogP contribution in [0, 0.1) is 0 Å². The zero-order valence-electron chi connectivity index (χ0n) is 7.78. The van der Waals surface area contributed by atoms with Gasteiger partial charge in [0.1, 0.15) is 10.9 Å². The summed E-state index contributed by atoms with van der Waals surface area (Å²) in [6, 6.07) is 4.65. The molecule has 1 aromatic carbocycles. The summed E-state index contributed by atoms with van der Waals surface area (Å²) in [5, 5.41) is 10.4. The van der Waals surface area contributed by atoms with Gasteiger partial charge in [0.25, 0.3) is 0 Å². The molecule has 2 aromatic rings. The maximum atomic E-state index is 9.66. The van der Waals surface area contributed by atoms with Gasteiger partial charge in [-0.25, -0.2) is 9.97 Å². The molecule has 0 unspecified atom stereocenters. The lowest BCUT2D eigenvalue weighted by molar-refractivity contribution is 0.477. The maximum absolute atomic E-state index is 9.66. The fourth-order valence-corrected chi connectivity index (χ4v) is 1.66. The smallest absolute Gasteiger partial charge is 0.164 e. The van der Waals surface area contributed by atoms with Gasteiger partial charge >= 0.3 is 0 Å². The van der Waals surface area contributed by atoms with Crippen LogP contribution in [0.15, 0.2) is 28.9 Å². The van der Waals surface area contributed by atoms with Gasteiger partial charge < -0.3 is 5.11 Å². The third kappa shape index (κ3) is 2.29. The number of hydrogen-bond donors (Lipinski definition) is 1. The molecule has 0 saturated heterocycles. The minimum atomic E-state index is 0.0581. The van der Waals surface area contributed by atoms with Crippen molar-refractivity contribution in [3.8, 4) is 17.1 Å². The summed E-state index contributed by atoms with van der Waals surface area (Å²) in [6.07, 6.45) is 1.52.